The Morgan fingerprint density at radius 1 is 1.09 bits per heavy atom. The fraction of sp³-hybridized carbons (Fsp3) is 0.130. The van der Waals surface area contributed by atoms with Crippen LogP contribution in [0.4, 0.5) is 10.1 Å². The average Bonchev–Trinajstić information content (AvgIpc) is 2.74. The van der Waals surface area contributed by atoms with Crippen LogP contribution in [-0.4, -0.2) is 20.7 Å². The van der Waals surface area contributed by atoms with Gasteiger partial charge in [0.1, 0.15) is 5.82 Å². The van der Waals surface area contributed by atoms with Gasteiger partial charge >= 0.3 is 0 Å². The molecule has 0 unspecified atom stereocenters. The largest absolute Gasteiger partial charge is 0.390 e. The van der Waals surface area contributed by atoms with E-state index in [0.717, 1.165) is 17.5 Å². The normalized spacial score (nSPS) is 10.6. The van der Waals surface area contributed by atoms with Crippen molar-refractivity contribution in [3.05, 3.63) is 83.7 Å². The van der Waals surface area contributed by atoms with Crippen molar-refractivity contribution in [2.75, 3.05) is 5.32 Å². The maximum Gasteiger partial charge on any atom is 0.238 e. The number of amides is 1. The van der Waals surface area contributed by atoms with Crippen molar-refractivity contribution in [3.63, 3.8) is 0 Å². The highest BCUT2D eigenvalue weighted by Gasteiger charge is 2.16. The van der Waals surface area contributed by atoms with Gasteiger partial charge in [-0.1, -0.05) is 54.1 Å². The van der Waals surface area contributed by atoms with Gasteiger partial charge in [-0.15, -0.1) is 0 Å². The van der Waals surface area contributed by atoms with Crippen molar-refractivity contribution in [1.82, 2.24) is 0 Å². The summed E-state index contributed by atoms with van der Waals surface area (Å²) in [4.78, 5) is 12.1. The Kier molecular flexibility index (Phi) is 8.62. The van der Waals surface area contributed by atoms with E-state index in [9.17, 15) is 17.6 Å². The van der Waals surface area contributed by atoms with Crippen LogP contribution < -0.4 is 16.2 Å². The molecular formula is C23H25FN4O3S. The number of halogens is 1. The molecule has 1 amide bonds. The standard InChI is InChI=1S/C22H21FN2O3S.CH4N2/c1-15-5-4-6-16(13-15)9-12-22(26)25-20-11-10-17(14-19(20)23)18-7-2-3-8-21(18)29(24,27)28;2-1-3/h2-8,10-11,13-14H,9,12H2,1H3,(H,25,26)(H2,24,27,28);1H,(H3,2,3). The zero-order chi connectivity index (χ0) is 23.7. The van der Waals surface area contributed by atoms with Crippen molar-refractivity contribution >= 4 is 28.0 Å². The fourth-order valence-corrected chi connectivity index (χ4v) is 3.84. The van der Waals surface area contributed by atoms with Crippen LogP contribution in [0.25, 0.3) is 11.1 Å². The molecule has 7 nitrogen and oxygen atoms in total. The molecule has 3 aromatic carbocycles. The minimum absolute atomic E-state index is 0.0380. The SMILES string of the molecule is Cc1cccc(CCC(=O)Nc2ccc(-c3ccccc3S(N)(=O)=O)cc2F)c1.N=CN. The summed E-state index contributed by atoms with van der Waals surface area (Å²) in [5.74, 6) is -0.960. The fourth-order valence-electron chi connectivity index (χ4n) is 3.08. The van der Waals surface area contributed by atoms with Crippen LogP contribution in [0.5, 0.6) is 0 Å². The Morgan fingerprint density at radius 3 is 2.41 bits per heavy atom. The molecule has 0 fully saturated rings. The zero-order valence-electron chi connectivity index (χ0n) is 17.5. The van der Waals surface area contributed by atoms with Gasteiger partial charge in [-0.2, -0.15) is 0 Å². The summed E-state index contributed by atoms with van der Waals surface area (Å²) in [6, 6.07) is 18.1. The highest BCUT2D eigenvalue weighted by Crippen LogP contribution is 2.29. The molecule has 32 heavy (non-hydrogen) atoms. The molecule has 0 bridgehead atoms. The Labute approximate surface area is 186 Å². The summed E-state index contributed by atoms with van der Waals surface area (Å²) < 4.78 is 38.1. The van der Waals surface area contributed by atoms with Crippen LogP contribution in [-0.2, 0) is 21.2 Å². The molecule has 0 aliphatic rings. The first-order chi connectivity index (χ1) is 15.2. The first kappa shape index (κ1) is 24.7. The minimum atomic E-state index is -3.95. The van der Waals surface area contributed by atoms with E-state index in [1.54, 1.807) is 24.3 Å². The summed E-state index contributed by atoms with van der Waals surface area (Å²) in [5, 5.41) is 13.7. The minimum Gasteiger partial charge on any atom is -0.390 e. The second-order valence-electron chi connectivity index (χ2n) is 6.94. The summed E-state index contributed by atoms with van der Waals surface area (Å²) in [6.07, 6.45) is 1.52. The van der Waals surface area contributed by atoms with Gasteiger partial charge < -0.3 is 11.1 Å². The second-order valence-corrected chi connectivity index (χ2v) is 8.47. The number of anilines is 1. The van der Waals surface area contributed by atoms with Crippen LogP contribution in [0.15, 0.2) is 71.6 Å². The van der Waals surface area contributed by atoms with Gasteiger partial charge in [-0.3, -0.25) is 10.2 Å². The van der Waals surface area contributed by atoms with Crippen LogP contribution in [0.1, 0.15) is 17.5 Å². The van der Waals surface area contributed by atoms with E-state index in [4.69, 9.17) is 10.5 Å². The third-order valence-corrected chi connectivity index (χ3v) is 5.44. The summed E-state index contributed by atoms with van der Waals surface area (Å²) in [7, 11) is -3.95. The van der Waals surface area contributed by atoms with E-state index >= 15 is 0 Å². The molecule has 6 N–H and O–H groups in total. The molecule has 3 rings (SSSR count). The first-order valence-corrected chi connectivity index (χ1v) is 11.2. The number of hydrogen-bond donors (Lipinski definition) is 4. The number of carbonyl (C=O) groups excluding carboxylic acids is 1. The molecule has 0 aliphatic heterocycles. The van der Waals surface area contributed by atoms with Gasteiger partial charge in [-0.25, -0.2) is 17.9 Å². The lowest BCUT2D eigenvalue weighted by atomic mass is 10.0. The molecule has 9 heteroatoms. The topological polar surface area (TPSA) is 139 Å². The lowest BCUT2D eigenvalue weighted by Gasteiger charge is -2.11. The molecule has 0 heterocycles. The third-order valence-electron chi connectivity index (χ3n) is 4.47. The van der Waals surface area contributed by atoms with E-state index in [-0.39, 0.29) is 22.9 Å². The first-order valence-electron chi connectivity index (χ1n) is 9.63. The van der Waals surface area contributed by atoms with E-state index in [1.807, 2.05) is 31.2 Å². The highest BCUT2D eigenvalue weighted by atomic mass is 32.2. The van der Waals surface area contributed by atoms with E-state index in [0.29, 0.717) is 17.5 Å². The van der Waals surface area contributed by atoms with Gasteiger partial charge in [0.15, 0.2) is 0 Å². The van der Waals surface area contributed by atoms with Crippen molar-refractivity contribution in [3.8, 4) is 11.1 Å². The zero-order valence-corrected chi connectivity index (χ0v) is 18.3. The van der Waals surface area contributed by atoms with Gasteiger partial charge in [0, 0.05) is 12.0 Å². The summed E-state index contributed by atoms with van der Waals surface area (Å²) in [6.45, 7) is 1.98. The number of nitrogens with two attached hydrogens (primary N) is 2. The second kappa shape index (κ2) is 11.2. The summed E-state index contributed by atoms with van der Waals surface area (Å²) in [5.41, 5.74) is 7.23. The molecule has 0 atom stereocenters. The van der Waals surface area contributed by atoms with Crippen molar-refractivity contribution in [2.24, 2.45) is 10.9 Å². The van der Waals surface area contributed by atoms with Crippen LogP contribution in [0.3, 0.4) is 0 Å². The van der Waals surface area contributed by atoms with Gasteiger partial charge in [0.05, 0.1) is 16.9 Å². The van der Waals surface area contributed by atoms with Crippen LogP contribution in [0, 0.1) is 18.2 Å². The number of benzene rings is 3. The van der Waals surface area contributed by atoms with Gasteiger partial charge in [0.25, 0.3) is 0 Å². The Hall–Kier alpha value is -3.56. The van der Waals surface area contributed by atoms with Crippen LogP contribution >= 0.6 is 0 Å². The number of sulfonamides is 1. The average molecular weight is 457 g/mol. The van der Waals surface area contributed by atoms with E-state index < -0.39 is 15.8 Å². The predicted molar refractivity (Wildman–Crippen MR) is 124 cm³/mol. The van der Waals surface area contributed by atoms with Crippen molar-refractivity contribution in [2.45, 2.75) is 24.7 Å². The lowest BCUT2D eigenvalue weighted by Crippen LogP contribution is -2.14. The smallest absolute Gasteiger partial charge is 0.238 e. The summed E-state index contributed by atoms with van der Waals surface area (Å²) >= 11 is 0. The molecule has 0 aromatic heterocycles. The maximum atomic E-state index is 14.5. The molecule has 0 saturated heterocycles. The number of nitrogens with one attached hydrogen (secondary N) is 2. The number of carbonyl (C=O) groups is 1. The lowest BCUT2D eigenvalue weighted by molar-refractivity contribution is -0.116. The quantitative estimate of drug-likeness (QED) is 0.332. The molecular weight excluding hydrogens is 431 g/mol. The molecule has 0 radical (unpaired) electrons. The van der Waals surface area contributed by atoms with Gasteiger partial charge in [-0.05, 0) is 42.7 Å². The Bertz CT molecular complexity index is 1210. The van der Waals surface area contributed by atoms with Crippen molar-refractivity contribution in [1.29, 1.82) is 5.41 Å². The Morgan fingerprint density at radius 2 is 1.78 bits per heavy atom. The molecule has 0 saturated carbocycles. The number of hydrogen-bond acceptors (Lipinski definition) is 4. The number of rotatable bonds is 6. The van der Waals surface area contributed by atoms with Crippen LogP contribution in [0.2, 0.25) is 0 Å². The number of aryl methyl sites for hydroxylation is 2. The van der Waals surface area contributed by atoms with E-state index in [2.05, 4.69) is 11.1 Å². The molecule has 0 aliphatic carbocycles. The maximum absolute atomic E-state index is 14.5. The Balaban J connectivity index is 0.00000114. The molecule has 3 aromatic rings. The third kappa shape index (κ3) is 7.00. The predicted octanol–water partition coefficient (Wildman–Crippen LogP) is 3.57. The number of primary sulfonamides is 1. The highest BCUT2D eigenvalue weighted by molar-refractivity contribution is 7.89. The van der Waals surface area contributed by atoms with Gasteiger partial charge in [0.2, 0.25) is 15.9 Å². The molecule has 0 spiro atoms. The van der Waals surface area contributed by atoms with Crippen molar-refractivity contribution < 1.29 is 17.6 Å². The molecule has 168 valence electrons. The van der Waals surface area contributed by atoms with E-state index in [1.165, 1.54) is 18.2 Å². The monoisotopic (exact) mass is 456 g/mol.